The van der Waals surface area contributed by atoms with Crippen molar-refractivity contribution < 1.29 is 4.79 Å². The summed E-state index contributed by atoms with van der Waals surface area (Å²) in [4.78, 5) is 16.7. The molecule has 1 fully saturated rings. The van der Waals surface area contributed by atoms with Crippen LogP contribution in [-0.2, 0) is 0 Å². The van der Waals surface area contributed by atoms with Crippen molar-refractivity contribution in [1.82, 2.24) is 10.3 Å². The van der Waals surface area contributed by atoms with E-state index in [1.54, 1.807) is 12.1 Å². The summed E-state index contributed by atoms with van der Waals surface area (Å²) in [7, 11) is 0. The molecule has 3 rings (SSSR count). The van der Waals surface area contributed by atoms with E-state index in [0.717, 1.165) is 24.1 Å². The Morgan fingerprint density at radius 1 is 1.58 bits per heavy atom. The molecular formula is C13H12N4OS. The number of thiazole rings is 1. The lowest BCUT2D eigenvalue weighted by molar-refractivity contribution is 0.0954. The number of benzene rings is 1. The molecule has 1 aliphatic heterocycles. The second-order valence-corrected chi connectivity index (χ2v) is 5.59. The first kappa shape index (κ1) is 12.1. The summed E-state index contributed by atoms with van der Waals surface area (Å²) in [5, 5.41) is 12.5. The maximum absolute atomic E-state index is 12.5. The summed E-state index contributed by atoms with van der Waals surface area (Å²) in [6.07, 6.45) is 1.84. The second kappa shape index (κ2) is 4.61. The molecule has 1 aromatic carbocycles. The number of rotatable bonds is 2. The van der Waals surface area contributed by atoms with E-state index >= 15 is 0 Å². The number of nitrogens with two attached hydrogens (primary N) is 1. The highest BCUT2D eigenvalue weighted by atomic mass is 32.1. The van der Waals surface area contributed by atoms with Crippen LogP contribution >= 0.6 is 11.3 Å². The van der Waals surface area contributed by atoms with Crippen molar-refractivity contribution in [3.8, 4) is 6.07 Å². The number of aromatic nitrogens is 1. The van der Waals surface area contributed by atoms with Crippen LogP contribution < -0.4 is 11.1 Å². The summed E-state index contributed by atoms with van der Waals surface area (Å²) in [5.41, 5.74) is 7.48. The van der Waals surface area contributed by atoms with E-state index in [0.29, 0.717) is 21.8 Å². The highest BCUT2D eigenvalue weighted by Crippen LogP contribution is 2.29. The molecule has 5 nitrogen and oxygen atoms in total. The second-order valence-electron chi connectivity index (χ2n) is 4.56. The lowest BCUT2D eigenvalue weighted by atomic mass is 10.0. The van der Waals surface area contributed by atoms with Crippen molar-refractivity contribution in [3.63, 3.8) is 0 Å². The Bertz CT molecular complexity index is 694. The van der Waals surface area contributed by atoms with Gasteiger partial charge in [-0.1, -0.05) is 0 Å². The number of hydrogen-bond donors (Lipinski definition) is 2. The highest BCUT2D eigenvalue weighted by Gasteiger charge is 2.26. The van der Waals surface area contributed by atoms with E-state index in [1.165, 1.54) is 11.3 Å². The molecule has 3 N–H and O–H groups in total. The van der Waals surface area contributed by atoms with Crippen LogP contribution in [0, 0.1) is 11.3 Å². The number of carbonyl (C=O) groups excluding carboxylic acids is 1. The van der Waals surface area contributed by atoms with Crippen LogP contribution in [0.25, 0.3) is 10.2 Å². The number of anilines is 1. The smallest absolute Gasteiger partial charge is 0.195 e. The molecule has 0 spiro atoms. The zero-order valence-electron chi connectivity index (χ0n) is 10.1. The molecule has 6 heteroatoms. The quantitative estimate of drug-likeness (QED) is 0.641. The lowest BCUT2D eigenvalue weighted by Gasteiger charge is -2.10. The molecule has 0 saturated carbocycles. The van der Waals surface area contributed by atoms with Crippen LogP contribution in [0.4, 0.5) is 5.69 Å². The average molecular weight is 272 g/mol. The predicted molar refractivity (Wildman–Crippen MR) is 74.1 cm³/mol. The zero-order chi connectivity index (χ0) is 13.4. The third-order valence-corrected chi connectivity index (χ3v) is 4.16. The number of nitrogens with one attached hydrogen (secondary N) is 1. The number of nitrogen functional groups attached to an aromatic ring is 1. The summed E-state index contributed by atoms with van der Waals surface area (Å²) >= 11 is 1.26. The minimum Gasteiger partial charge on any atom is -0.399 e. The third-order valence-electron chi connectivity index (χ3n) is 3.26. The third kappa shape index (κ3) is 2.07. The van der Waals surface area contributed by atoms with Gasteiger partial charge in [-0.15, -0.1) is 11.3 Å². The fourth-order valence-corrected chi connectivity index (χ4v) is 3.22. The first-order valence-electron chi connectivity index (χ1n) is 6.07. The standard InChI is InChI=1S/C13H12N4OS/c14-6-11-17-12-8(4-7(15)5-10(12)19-11)13(18)9-2-1-3-16-9/h4-5,9,16H,1-3,15H2/t9-/m0/s1. The van der Waals surface area contributed by atoms with Gasteiger partial charge in [0.15, 0.2) is 10.8 Å². The Morgan fingerprint density at radius 3 is 3.11 bits per heavy atom. The van der Waals surface area contributed by atoms with Gasteiger partial charge in [0.25, 0.3) is 0 Å². The maximum atomic E-state index is 12.5. The molecule has 0 unspecified atom stereocenters. The van der Waals surface area contributed by atoms with E-state index < -0.39 is 0 Å². The number of hydrogen-bond acceptors (Lipinski definition) is 6. The summed E-state index contributed by atoms with van der Waals surface area (Å²) in [6, 6.07) is 5.27. The van der Waals surface area contributed by atoms with E-state index in [2.05, 4.69) is 10.3 Å². The molecule has 1 aromatic heterocycles. The maximum Gasteiger partial charge on any atom is 0.195 e. The Kier molecular flexibility index (Phi) is 2.93. The van der Waals surface area contributed by atoms with Crippen LogP contribution in [0.2, 0.25) is 0 Å². The van der Waals surface area contributed by atoms with Gasteiger partial charge in [0.1, 0.15) is 6.07 Å². The Balaban J connectivity index is 2.13. The summed E-state index contributed by atoms with van der Waals surface area (Å²) in [6.45, 7) is 0.863. The van der Waals surface area contributed by atoms with Crippen LogP contribution in [0.5, 0.6) is 0 Å². The number of nitriles is 1. The number of ketones is 1. The first-order valence-corrected chi connectivity index (χ1v) is 6.88. The topological polar surface area (TPSA) is 91.8 Å². The largest absolute Gasteiger partial charge is 0.399 e. The van der Waals surface area contributed by atoms with Crippen molar-refractivity contribution in [2.75, 3.05) is 12.3 Å². The lowest BCUT2D eigenvalue weighted by Crippen LogP contribution is -2.30. The van der Waals surface area contributed by atoms with Crippen LogP contribution in [-0.4, -0.2) is 23.4 Å². The number of carbonyl (C=O) groups is 1. The van der Waals surface area contributed by atoms with Gasteiger partial charge in [-0.05, 0) is 31.5 Å². The van der Waals surface area contributed by atoms with E-state index in [-0.39, 0.29) is 11.8 Å². The highest BCUT2D eigenvalue weighted by molar-refractivity contribution is 7.19. The predicted octanol–water partition coefficient (Wildman–Crippen LogP) is 1.68. The fraction of sp³-hybridized carbons (Fsp3) is 0.308. The first-order chi connectivity index (χ1) is 9.19. The number of Topliss-reactive ketones (excluding diaryl/α,β-unsaturated/α-hetero) is 1. The van der Waals surface area contributed by atoms with Crippen LogP contribution in [0.1, 0.15) is 28.2 Å². The van der Waals surface area contributed by atoms with Crippen molar-refractivity contribution in [2.45, 2.75) is 18.9 Å². The molecule has 19 heavy (non-hydrogen) atoms. The van der Waals surface area contributed by atoms with Gasteiger partial charge in [-0.2, -0.15) is 5.26 Å². The molecule has 1 aliphatic rings. The van der Waals surface area contributed by atoms with Gasteiger partial charge < -0.3 is 11.1 Å². The van der Waals surface area contributed by atoms with Crippen LogP contribution in [0.15, 0.2) is 12.1 Å². The van der Waals surface area contributed by atoms with Gasteiger partial charge in [-0.25, -0.2) is 4.98 Å². The van der Waals surface area contributed by atoms with Gasteiger partial charge in [0, 0.05) is 11.3 Å². The van der Waals surface area contributed by atoms with E-state index in [9.17, 15) is 4.79 Å². The molecule has 2 heterocycles. The van der Waals surface area contributed by atoms with Crippen LogP contribution in [0.3, 0.4) is 0 Å². The Morgan fingerprint density at radius 2 is 2.42 bits per heavy atom. The molecular weight excluding hydrogens is 260 g/mol. The zero-order valence-corrected chi connectivity index (χ0v) is 11.0. The van der Waals surface area contributed by atoms with Crippen molar-refractivity contribution in [3.05, 3.63) is 22.7 Å². The molecule has 1 saturated heterocycles. The van der Waals surface area contributed by atoms with Gasteiger partial charge >= 0.3 is 0 Å². The SMILES string of the molecule is N#Cc1nc2c(C(=O)[C@@H]3CCCN3)cc(N)cc2s1. The Hall–Kier alpha value is -1.97. The molecule has 0 amide bonds. The number of nitrogens with zero attached hydrogens (tertiary/aromatic N) is 2. The summed E-state index contributed by atoms with van der Waals surface area (Å²) in [5.74, 6) is 0.0181. The van der Waals surface area contributed by atoms with Crippen molar-refractivity contribution in [2.24, 2.45) is 0 Å². The molecule has 0 aliphatic carbocycles. The molecule has 1 atom stereocenters. The minimum absolute atomic E-state index is 0.0181. The monoisotopic (exact) mass is 272 g/mol. The van der Waals surface area contributed by atoms with E-state index in [1.807, 2.05) is 6.07 Å². The van der Waals surface area contributed by atoms with E-state index in [4.69, 9.17) is 11.0 Å². The molecule has 0 bridgehead atoms. The molecule has 2 aromatic rings. The number of fused-ring (bicyclic) bond motifs is 1. The van der Waals surface area contributed by atoms with Gasteiger partial charge in [0.05, 0.1) is 16.3 Å². The molecule has 96 valence electrons. The minimum atomic E-state index is -0.155. The van der Waals surface area contributed by atoms with Gasteiger partial charge in [-0.3, -0.25) is 4.79 Å². The van der Waals surface area contributed by atoms with Gasteiger partial charge in [0.2, 0.25) is 0 Å². The normalized spacial score (nSPS) is 18.6. The Labute approximate surface area is 114 Å². The average Bonchev–Trinajstić information content (AvgIpc) is 3.05. The summed E-state index contributed by atoms with van der Waals surface area (Å²) < 4.78 is 0.790. The van der Waals surface area contributed by atoms with Crippen molar-refractivity contribution in [1.29, 1.82) is 5.26 Å². The van der Waals surface area contributed by atoms with Crippen molar-refractivity contribution >= 4 is 33.0 Å². The molecule has 0 radical (unpaired) electrons. The fourth-order valence-electron chi connectivity index (χ4n) is 2.38.